The molecular weight excluding hydrogens is 260 g/mol. The minimum Gasteiger partial charge on any atom is -0.399 e. The van der Waals surface area contributed by atoms with Crippen molar-refractivity contribution in [3.05, 3.63) is 29.8 Å². The Kier molecular flexibility index (Phi) is 4.47. The number of anilines is 1. The largest absolute Gasteiger partial charge is 0.399 e. The molecule has 2 N–H and O–H groups in total. The van der Waals surface area contributed by atoms with Crippen LogP contribution in [0.3, 0.4) is 0 Å². The van der Waals surface area contributed by atoms with E-state index >= 15 is 0 Å². The minimum absolute atomic E-state index is 0.226. The third-order valence-electron chi connectivity index (χ3n) is 3.53. The van der Waals surface area contributed by atoms with Gasteiger partial charge >= 0.3 is 0 Å². The van der Waals surface area contributed by atoms with Crippen LogP contribution in [-0.4, -0.2) is 37.4 Å². The van der Waals surface area contributed by atoms with E-state index in [1.54, 1.807) is 6.92 Å². The SMILES string of the molecule is CCS(=O)(=O)CCN(Cc1cccc(N)c1)C1CC1. The van der Waals surface area contributed by atoms with Crippen LogP contribution in [0.25, 0.3) is 0 Å². The van der Waals surface area contributed by atoms with Crippen LogP contribution in [0.4, 0.5) is 5.69 Å². The summed E-state index contributed by atoms with van der Waals surface area (Å²) in [7, 11) is -2.89. The van der Waals surface area contributed by atoms with Crippen LogP contribution in [0, 0.1) is 0 Å². The molecule has 1 saturated carbocycles. The van der Waals surface area contributed by atoms with E-state index in [9.17, 15) is 8.42 Å². The molecule has 0 atom stereocenters. The molecule has 0 bridgehead atoms. The first-order chi connectivity index (χ1) is 9.00. The second-order valence-corrected chi connectivity index (χ2v) is 7.66. The number of rotatable bonds is 7. The maximum Gasteiger partial charge on any atom is 0.151 e. The Morgan fingerprint density at radius 1 is 1.37 bits per heavy atom. The average Bonchev–Trinajstić information content (AvgIpc) is 3.19. The molecular formula is C14H22N2O2S. The normalized spacial score (nSPS) is 15.9. The van der Waals surface area contributed by atoms with Crippen LogP contribution in [0.2, 0.25) is 0 Å². The molecule has 19 heavy (non-hydrogen) atoms. The Hall–Kier alpha value is -1.07. The molecule has 1 fully saturated rings. The fourth-order valence-corrected chi connectivity index (χ4v) is 2.96. The summed E-state index contributed by atoms with van der Waals surface area (Å²) in [6.07, 6.45) is 2.35. The van der Waals surface area contributed by atoms with Crippen molar-refractivity contribution in [3.8, 4) is 0 Å². The Labute approximate surface area is 115 Å². The number of sulfone groups is 1. The summed E-state index contributed by atoms with van der Waals surface area (Å²) in [5, 5.41) is 0. The molecule has 1 aliphatic carbocycles. The number of nitrogens with zero attached hydrogens (tertiary/aromatic N) is 1. The molecule has 0 unspecified atom stereocenters. The van der Waals surface area contributed by atoms with Gasteiger partial charge in [-0.3, -0.25) is 4.90 Å². The summed E-state index contributed by atoms with van der Waals surface area (Å²) < 4.78 is 23.2. The van der Waals surface area contributed by atoms with Gasteiger partial charge in [0.1, 0.15) is 0 Å². The molecule has 1 aromatic rings. The Balaban J connectivity index is 1.97. The van der Waals surface area contributed by atoms with Gasteiger partial charge < -0.3 is 5.73 Å². The van der Waals surface area contributed by atoms with E-state index < -0.39 is 9.84 Å². The van der Waals surface area contributed by atoms with E-state index in [-0.39, 0.29) is 11.5 Å². The first-order valence-corrected chi connectivity index (χ1v) is 8.61. The van der Waals surface area contributed by atoms with Gasteiger partial charge in [0.2, 0.25) is 0 Å². The summed E-state index contributed by atoms with van der Waals surface area (Å²) in [4.78, 5) is 2.27. The lowest BCUT2D eigenvalue weighted by Crippen LogP contribution is -2.31. The molecule has 0 radical (unpaired) electrons. The van der Waals surface area contributed by atoms with Gasteiger partial charge in [-0.15, -0.1) is 0 Å². The molecule has 0 amide bonds. The molecule has 5 heteroatoms. The quantitative estimate of drug-likeness (QED) is 0.773. The fraction of sp³-hybridized carbons (Fsp3) is 0.571. The third-order valence-corrected chi connectivity index (χ3v) is 5.21. The van der Waals surface area contributed by atoms with Gasteiger partial charge in [-0.25, -0.2) is 8.42 Å². The molecule has 106 valence electrons. The Morgan fingerprint density at radius 3 is 2.68 bits per heavy atom. The first kappa shape index (κ1) is 14.3. The minimum atomic E-state index is -2.89. The van der Waals surface area contributed by atoms with Gasteiger partial charge in [-0.05, 0) is 30.5 Å². The number of hydrogen-bond acceptors (Lipinski definition) is 4. The van der Waals surface area contributed by atoms with Gasteiger partial charge in [0, 0.05) is 30.6 Å². The molecule has 0 aromatic heterocycles. The summed E-state index contributed by atoms with van der Waals surface area (Å²) >= 11 is 0. The highest BCUT2D eigenvalue weighted by Gasteiger charge is 2.29. The van der Waals surface area contributed by atoms with Crippen LogP contribution < -0.4 is 5.73 Å². The van der Waals surface area contributed by atoms with Crippen LogP contribution >= 0.6 is 0 Å². The highest BCUT2D eigenvalue weighted by molar-refractivity contribution is 7.91. The monoisotopic (exact) mass is 282 g/mol. The van der Waals surface area contributed by atoms with Crippen molar-refractivity contribution in [2.24, 2.45) is 0 Å². The predicted molar refractivity (Wildman–Crippen MR) is 78.6 cm³/mol. The van der Waals surface area contributed by atoms with Crippen molar-refractivity contribution >= 4 is 15.5 Å². The summed E-state index contributed by atoms with van der Waals surface area (Å²) in [5.74, 6) is 0.478. The van der Waals surface area contributed by atoms with E-state index in [0.29, 0.717) is 12.6 Å². The number of hydrogen-bond donors (Lipinski definition) is 1. The second kappa shape index (κ2) is 5.92. The molecule has 0 aliphatic heterocycles. The molecule has 0 saturated heterocycles. The highest BCUT2D eigenvalue weighted by Crippen LogP contribution is 2.28. The van der Waals surface area contributed by atoms with Gasteiger partial charge in [0.15, 0.2) is 9.84 Å². The lowest BCUT2D eigenvalue weighted by Gasteiger charge is -2.22. The summed E-state index contributed by atoms with van der Waals surface area (Å²) in [6, 6.07) is 8.36. The van der Waals surface area contributed by atoms with Crippen molar-refractivity contribution in [2.45, 2.75) is 32.4 Å². The molecule has 2 rings (SSSR count). The lowest BCUT2D eigenvalue weighted by molar-refractivity contribution is 0.270. The molecule has 0 heterocycles. The van der Waals surface area contributed by atoms with Gasteiger partial charge in [-0.1, -0.05) is 19.1 Å². The summed E-state index contributed by atoms with van der Waals surface area (Å²) in [6.45, 7) is 3.11. The zero-order valence-electron chi connectivity index (χ0n) is 11.4. The number of nitrogen functional groups attached to an aromatic ring is 1. The highest BCUT2D eigenvalue weighted by atomic mass is 32.2. The van der Waals surface area contributed by atoms with Crippen LogP contribution in [0.1, 0.15) is 25.3 Å². The maximum atomic E-state index is 11.6. The summed E-state index contributed by atoms with van der Waals surface area (Å²) in [5.41, 5.74) is 7.69. The van der Waals surface area contributed by atoms with E-state index in [1.807, 2.05) is 24.3 Å². The number of benzene rings is 1. The van der Waals surface area contributed by atoms with Crippen molar-refractivity contribution in [1.29, 1.82) is 0 Å². The average molecular weight is 282 g/mol. The standard InChI is InChI=1S/C14H22N2O2S/c1-2-19(17,18)9-8-16(14-6-7-14)11-12-4-3-5-13(15)10-12/h3-5,10,14H,2,6-9,11,15H2,1H3. The van der Waals surface area contributed by atoms with Crippen molar-refractivity contribution in [1.82, 2.24) is 4.90 Å². The second-order valence-electron chi connectivity index (χ2n) is 5.18. The third kappa shape index (κ3) is 4.51. The van der Waals surface area contributed by atoms with E-state index in [4.69, 9.17) is 5.73 Å². The smallest absolute Gasteiger partial charge is 0.151 e. The van der Waals surface area contributed by atoms with E-state index in [0.717, 1.165) is 17.8 Å². The van der Waals surface area contributed by atoms with Crippen molar-refractivity contribution in [3.63, 3.8) is 0 Å². The maximum absolute atomic E-state index is 11.6. The molecule has 4 nitrogen and oxygen atoms in total. The fourth-order valence-electron chi connectivity index (χ4n) is 2.16. The van der Waals surface area contributed by atoms with Crippen LogP contribution in [0.5, 0.6) is 0 Å². The van der Waals surface area contributed by atoms with Crippen LogP contribution in [0.15, 0.2) is 24.3 Å². The van der Waals surface area contributed by atoms with E-state index in [1.165, 1.54) is 12.8 Å². The Bertz CT molecular complexity index is 524. The van der Waals surface area contributed by atoms with E-state index in [2.05, 4.69) is 4.90 Å². The Morgan fingerprint density at radius 2 is 2.11 bits per heavy atom. The van der Waals surface area contributed by atoms with Gasteiger partial charge in [0.25, 0.3) is 0 Å². The topological polar surface area (TPSA) is 63.4 Å². The van der Waals surface area contributed by atoms with Crippen LogP contribution in [-0.2, 0) is 16.4 Å². The first-order valence-electron chi connectivity index (χ1n) is 6.79. The van der Waals surface area contributed by atoms with Gasteiger partial charge in [0.05, 0.1) is 5.75 Å². The molecule has 1 aliphatic rings. The number of nitrogens with two attached hydrogens (primary N) is 1. The van der Waals surface area contributed by atoms with Crippen molar-refractivity contribution in [2.75, 3.05) is 23.8 Å². The zero-order valence-corrected chi connectivity index (χ0v) is 12.2. The molecule has 1 aromatic carbocycles. The predicted octanol–water partition coefficient (Wildman–Crippen LogP) is 1.67. The molecule has 0 spiro atoms. The van der Waals surface area contributed by atoms with Crippen molar-refractivity contribution < 1.29 is 8.42 Å². The lowest BCUT2D eigenvalue weighted by atomic mass is 10.2. The van der Waals surface area contributed by atoms with Gasteiger partial charge in [-0.2, -0.15) is 0 Å². The zero-order chi connectivity index (χ0) is 13.9.